The number of carbonyl (C=O) groups excluding carboxylic acids is 1. The average Bonchev–Trinajstić information content (AvgIpc) is 2.15. The highest BCUT2D eigenvalue weighted by Gasteiger charge is 1.92. The van der Waals surface area contributed by atoms with Gasteiger partial charge in [0.1, 0.15) is 5.76 Å². The Hall–Kier alpha value is -1.57. The lowest BCUT2D eigenvalue weighted by Crippen LogP contribution is -1.94. The molecular weight excluding hydrogens is 212 g/mol. The maximum absolute atomic E-state index is 10.6. The molecule has 0 atom stereocenters. The zero-order chi connectivity index (χ0) is 13.3. The normalized spacial score (nSPS) is 12.6. The lowest BCUT2D eigenvalue weighted by molar-refractivity contribution is -0.136. The Labute approximate surface area is 104 Å². The van der Waals surface area contributed by atoms with E-state index in [-0.39, 0.29) is 5.97 Å². The molecule has 0 saturated carbocycles. The first-order valence-electron chi connectivity index (χ1n) is 5.80. The van der Waals surface area contributed by atoms with E-state index in [0.29, 0.717) is 11.7 Å². The molecule has 0 fully saturated rings. The molecule has 0 aromatic rings. The molecule has 0 aromatic heterocycles. The lowest BCUT2D eigenvalue weighted by Gasteiger charge is -1.98. The Balaban J connectivity index is 4.14. The maximum atomic E-state index is 10.6. The summed E-state index contributed by atoms with van der Waals surface area (Å²) in [6.07, 6.45) is 10.8. The maximum Gasteiger partial charge on any atom is 0.308 e. The topological polar surface area (TPSA) is 26.3 Å². The van der Waals surface area contributed by atoms with E-state index >= 15 is 0 Å². The second-order valence-corrected chi connectivity index (χ2v) is 4.36. The van der Waals surface area contributed by atoms with Gasteiger partial charge in [0.25, 0.3) is 0 Å². The SMILES string of the molecule is C=C(C=CC=C(C)C=CCC(C)C)OC(C)=O. The molecule has 2 nitrogen and oxygen atoms in total. The number of rotatable bonds is 6. The first-order valence-corrected chi connectivity index (χ1v) is 5.80. The van der Waals surface area contributed by atoms with E-state index in [2.05, 4.69) is 32.6 Å². The Morgan fingerprint density at radius 3 is 2.47 bits per heavy atom. The van der Waals surface area contributed by atoms with Crippen molar-refractivity contribution in [3.63, 3.8) is 0 Å². The zero-order valence-electron chi connectivity index (χ0n) is 11.2. The zero-order valence-corrected chi connectivity index (χ0v) is 11.2. The minimum Gasteiger partial charge on any atom is -0.427 e. The van der Waals surface area contributed by atoms with Crippen LogP contribution in [0.5, 0.6) is 0 Å². The first kappa shape index (κ1) is 15.4. The van der Waals surface area contributed by atoms with Crippen molar-refractivity contribution < 1.29 is 9.53 Å². The molecule has 0 radical (unpaired) electrons. The van der Waals surface area contributed by atoms with Crippen LogP contribution in [0.1, 0.15) is 34.1 Å². The van der Waals surface area contributed by atoms with Crippen molar-refractivity contribution in [2.45, 2.75) is 34.1 Å². The monoisotopic (exact) mass is 234 g/mol. The van der Waals surface area contributed by atoms with Gasteiger partial charge in [-0.1, -0.05) is 50.3 Å². The van der Waals surface area contributed by atoms with Gasteiger partial charge in [-0.2, -0.15) is 0 Å². The van der Waals surface area contributed by atoms with Gasteiger partial charge in [-0.05, 0) is 25.3 Å². The molecule has 0 unspecified atom stereocenters. The van der Waals surface area contributed by atoms with Crippen molar-refractivity contribution in [3.05, 3.63) is 48.3 Å². The van der Waals surface area contributed by atoms with Crippen LogP contribution >= 0.6 is 0 Å². The van der Waals surface area contributed by atoms with Crippen molar-refractivity contribution in [2.24, 2.45) is 5.92 Å². The minimum absolute atomic E-state index is 0.350. The van der Waals surface area contributed by atoms with Crippen LogP contribution in [-0.4, -0.2) is 5.97 Å². The molecule has 0 saturated heterocycles. The van der Waals surface area contributed by atoms with Crippen LogP contribution in [0.25, 0.3) is 0 Å². The number of hydrogen-bond donors (Lipinski definition) is 0. The predicted octanol–water partition coefficient (Wildman–Crippen LogP) is 4.17. The van der Waals surface area contributed by atoms with E-state index in [1.54, 1.807) is 6.08 Å². The molecule has 0 aliphatic carbocycles. The van der Waals surface area contributed by atoms with Gasteiger partial charge in [0, 0.05) is 6.92 Å². The quantitative estimate of drug-likeness (QED) is 0.392. The number of ether oxygens (including phenoxy) is 1. The Bertz CT molecular complexity index is 344. The van der Waals surface area contributed by atoms with Crippen molar-refractivity contribution in [1.29, 1.82) is 0 Å². The van der Waals surface area contributed by atoms with Gasteiger partial charge in [-0.15, -0.1) is 0 Å². The van der Waals surface area contributed by atoms with Crippen LogP contribution in [0.4, 0.5) is 0 Å². The predicted molar refractivity (Wildman–Crippen MR) is 72.4 cm³/mol. The van der Waals surface area contributed by atoms with E-state index in [1.165, 1.54) is 6.92 Å². The molecule has 0 spiro atoms. The summed E-state index contributed by atoms with van der Waals surface area (Å²) in [4.78, 5) is 10.6. The third kappa shape index (κ3) is 10.7. The summed E-state index contributed by atoms with van der Waals surface area (Å²) in [6, 6.07) is 0. The molecule has 0 heterocycles. The largest absolute Gasteiger partial charge is 0.427 e. The summed E-state index contributed by atoms with van der Waals surface area (Å²) >= 11 is 0. The molecule has 0 aliphatic rings. The van der Waals surface area contributed by atoms with Gasteiger partial charge in [0.2, 0.25) is 0 Å². The second kappa shape index (κ2) is 8.57. The van der Waals surface area contributed by atoms with Crippen LogP contribution in [-0.2, 0) is 9.53 Å². The number of carbonyl (C=O) groups is 1. The summed E-state index contributed by atoms with van der Waals surface area (Å²) in [5.41, 5.74) is 1.15. The molecule has 94 valence electrons. The van der Waals surface area contributed by atoms with Crippen molar-refractivity contribution >= 4 is 5.97 Å². The Morgan fingerprint density at radius 2 is 1.94 bits per heavy atom. The van der Waals surface area contributed by atoms with Gasteiger partial charge in [0.15, 0.2) is 0 Å². The average molecular weight is 234 g/mol. The third-order valence-corrected chi connectivity index (χ3v) is 1.90. The molecule has 17 heavy (non-hydrogen) atoms. The molecular formula is C15H22O2. The number of esters is 1. The highest BCUT2D eigenvalue weighted by Crippen LogP contribution is 2.04. The fourth-order valence-electron chi connectivity index (χ4n) is 1.11. The molecule has 0 rings (SSSR count). The van der Waals surface area contributed by atoms with E-state index in [0.717, 1.165) is 12.0 Å². The molecule has 2 heteroatoms. The Morgan fingerprint density at radius 1 is 1.29 bits per heavy atom. The molecule has 0 aromatic carbocycles. The van der Waals surface area contributed by atoms with Gasteiger partial charge >= 0.3 is 5.97 Å². The van der Waals surface area contributed by atoms with Gasteiger partial charge in [-0.25, -0.2) is 0 Å². The smallest absolute Gasteiger partial charge is 0.308 e. The molecule has 0 N–H and O–H groups in total. The first-order chi connectivity index (χ1) is 7.91. The van der Waals surface area contributed by atoms with Gasteiger partial charge in [-0.3, -0.25) is 4.79 Å². The fraction of sp³-hybridized carbons (Fsp3) is 0.400. The summed E-state index contributed by atoms with van der Waals surface area (Å²) in [5.74, 6) is 0.684. The highest BCUT2D eigenvalue weighted by atomic mass is 16.5. The van der Waals surface area contributed by atoms with Crippen LogP contribution in [0.2, 0.25) is 0 Å². The van der Waals surface area contributed by atoms with Crippen molar-refractivity contribution in [3.8, 4) is 0 Å². The van der Waals surface area contributed by atoms with Crippen LogP contribution in [0, 0.1) is 5.92 Å². The van der Waals surface area contributed by atoms with Gasteiger partial charge < -0.3 is 4.74 Å². The highest BCUT2D eigenvalue weighted by molar-refractivity contribution is 5.67. The van der Waals surface area contributed by atoms with Crippen molar-refractivity contribution in [1.82, 2.24) is 0 Å². The Kier molecular flexibility index (Phi) is 7.78. The summed E-state index contributed by atoms with van der Waals surface area (Å²) < 4.78 is 4.78. The number of hydrogen-bond acceptors (Lipinski definition) is 2. The van der Waals surface area contributed by atoms with Gasteiger partial charge in [0.05, 0.1) is 0 Å². The van der Waals surface area contributed by atoms with E-state index in [4.69, 9.17) is 4.74 Å². The summed E-state index contributed by atoms with van der Waals surface area (Å²) in [5, 5.41) is 0. The van der Waals surface area contributed by atoms with Crippen LogP contribution < -0.4 is 0 Å². The third-order valence-electron chi connectivity index (χ3n) is 1.90. The summed E-state index contributed by atoms with van der Waals surface area (Å²) in [7, 11) is 0. The lowest BCUT2D eigenvalue weighted by atomic mass is 10.1. The van der Waals surface area contributed by atoms with E-state index < -0.39 is 0 Å². The summed E-state index contributed by atoms with van der Waals surface area (Å²) in [6.45, 7) is 11.4. The fourth-order valence-corrected chi connectivity index (χ4v) is 1.11. The molecule has 0 amide bonds. The molecule has 0 bridgehead atoms. The second-order valence-electron chi connectivity index (χ2n) is 4.36. The van der Waals surface area contributed by atoms with E-state index in [9.17, 15) is 4.79 Å². The number of allylic oxidation sites excluding steroid dienone is 6. The molecule has 0 aliphatic heterocycles. The van der Waals surface area contributed by atoms with Crippen LogP contribution in [0.3, 0.4) is 0 Å². The minimum atomic E-state index is -0.350. The van der Waals surface area contributed by atoms with Crippen molar-refractivity contribution in [2.75, 3.05) is 0 Å². The van der Waals surface area contributed by atoms with Crippen LogP contribution in [0.15, 0.2) is 48.3 Å². The van der Waals surface area contributed by atoms with E-state index in [1.807, 2.05) is 19.1 Å². The standard InChI is InChI=1S/C15H22O2/c1-12(2)8-6-9-13(3)10-7-11-14(4)17-15(5)16/h6-7,9-12H,4,8H2,1-3,5H3.